The van der Waals surface area contributed by atoms with E-state index in [-0.39, 0.29) is 0 Å². The molecule has 0 spiro atoms. The molecule has 3 unspecified atom stereocenters. The van der Waals surface area contributed by atoms with Crippen LogP contribution < -0.4 is 5.32 Å². The molecule has 2 saturated carbocycles. The molecule has 0 aromatic heterocycles. The van der Waals surface area contributed by atoms with E-state index >= 15 is 0 Å². The van der Waals surface area contributed by atoms with Crippen molar-refractivity contribution in [2.24, 2.45) is 11.3 Å². The molecule has 0 heterocycles. The van der Waals surface area contributed by atoms with Gasteiger partial charge in [0, 0.05) is 16.5 Å². The minimum absolute atomic E-state index is 0.487. The van der Waals surface area contributed by atoms with Crippen molar-refractivity contribution in [3.05, 3.63) is 0 Å². The molecule has 0 aromatic rings. The highest BCUT2D eigenvalue weighted by Gasteiger charge is 2.37. The quantitative estimate of drug-likeness (QED) is 0.705. The summed E-state index contributed by atoms with van der Waals surface area (Å²) in [6.45, 7) is 10.8. The normalized spacial score (nSPS) is 32.3. The van der Waals surface area contributed by atoms with Crippen molar-refractivity contribution in [2.75, 3.05) is 6.54 Å². The lowest BCUT2D eigenvalue weighted by molar-refractivity contribution is 0.164. The van der Waals surface area contributed by atoms with Crippen molar-refractivity contribution in [3.63, 3.8) is 0 Å². The zero-order valence-corrected chi connectivity index (χ0v) is 15.6. The predicted octanol–water partition coefficient (Wildman–Crippen LogP) is 5.64. The Hall–Kier alpha value is 0.310. The molecule has 0 aromatic carbocycles. The van der Waals surface area contributed by atoms with E-state index in [4.69, 9.17) is 0 Å². The summed E-state index contributed by atoms with van der Waals surface area (Å²) in [5, 5.41) is 5.67. The summed E-state index contributed by atoms with van der Waals surface area (Å²) < 4.78 is 0. The average molecular weight is 312 g/mol. The topological polar surface area (TPSA) is 12.0 Å². The lowest BCUT2D eigenvalue weighted by Gasteiger charge is -2.43. The third-order valence-electron chi connectivity index (χ3n) is 5.59. The smallest absolute Gasteiger partial charge is 0.0206 e. The second kappa shape index (κ2) is 8.24. The van der Waals surface area contributed by atoms with Crippen LogP contribution in [0.5, 0.6) is 0 Å². The van der Waals surface area contributed by atoms with Crippen LogP contribution in [0.25, 0.3) is 0 Å². The first-order valence-electron chi connectivity index (χ1n) is 9.39. The van der Waals surface area contributed by atoms with Crippen LogP contribution in [-0.2, 0) is 0 Å². The predicted molar refractivity (Wildman–Crippen MR) is 97.1 cm³/mol. The lowest BCUT2D eigenvalue weighted by Crippen LogP contribution is -2.45. The molecule has 21 heavy (non-hydrogen) atoms. The van der Waals surface area contributed by atoms with Crippen molar-refractivity contribution >= 4 is 11.8 Å². The van der Waals surface area contributed by atoms with E-state index in [0.29, 0.717) is 5.41 Å². The van der Waals surface area contributed by atoms with Gasteiger partial charge in [-0.05, 0) is 56.4 Å². The highest BCUT2D eigenvalue weighted by Crippen LogP contribution is 2.44. The van der Waals surface area contributed by atoms with E-state index in [0.717, 1.165) is 22.5 Å². The molecule has 0 radical (unpaired) electrons. The molecule has 0 bridgehead atoms. The summed E-state index contributed by atoms with van der Waals surface area (Å²) in [6.07, 6.45) is 12.9. The van der Waals surface area contributed by atoms with Crippen LogP contribution in [0.15, 0.2) is 0 Å². The van der Waals surface area contributed by atoms with E-state index in [2.05, 4.69) is 44.8 Å². The van der Waals surface area contributed by atoms with Crippen molar-refractivity contribution in [1.29, 1.82) is 0 Å². The van der Waals surface area contributed by atoms with E-state index < -0.39 is 0 Å². The largest absolute Gasteiger partial charge is 0.313 e. The maximum absolute atomic E-state index is 3.86. The molecular formula is C19H37NS. The lowest BCUT2D eigenvalue weighted by atomic mass is 9.71. The number of thioether (sulfide) groups is 1. The highest BCUT2D eigenvalue weighted by atomic mass is 32.2. The van der Waals surface area contributed by atoms with Crippen LogP contribution in [0.4, 0.5) is 0 Å². The van der Waals surface area contributed by atoms with Crippen molar-refractivity contribution in [1.82, 2.24) is 5.32 Å². The van der Waals surface area contributed by atoms with E-state index in [1.165, 1.54) is 64.3 Å². The summed E-state index contributed by atoms with van der Waals surface area (Å²) >= 11 is 2.36. The number of rotatable bonds is 5. The zero-order valence-electron chi connectivity index (χ0n) is 14.8. The molecule has 1 N–H and O–H groups in total. The Morgan fingerprint density at radius 1 is 1.00 bits per heavy atom. The van der Waals surface area contributed by atoms with Gasteiger partial charge in [-0.25, -0.2) is 0 Å². The maximum Gasteiger partial charge on any atom is 0.0206 e. The number of hydrogen-bond donors (Lipinski definition) is 1. The van der Waals surface area contributed by atoms with E-state index in [1.807, 2.05) is 0 Å². The zero-order chi connectivity index (χ0) is 15.3. The fourth-order valence-electron chi connectivity index (χ4n) is 4.08. The van der Waals surface area contributed by atoms with Crippen LogP contribution in [0, 0.1) is 11.3 Å². The van der Waals surface area contributed by atoms with Gasteiger partial charge in [-0.3, -0.25) is 0 Å². The maximum atomic E-state index is 3.86. The van der Waals surface area contributed by atoms with Gasteiger partial charge in [-0.15, -0.1) is 0 Å². The molecule has 0 aliphatic heterocycles. The molecule has 124 valence electrons. The molecule has 0 saturated heterocycles. The van der Waals surface area contributed by atoms with Gasteiger partial charge in [0.25, 0.3) is 0 Å². The Morgan fingerprint density at radius 2 is 1.71 bits per heavy atom. The molecular weight excluding hydrogens is 274 g/mol. The van der Waals surface area contributed by atoms with Crippen LogP contribution in [0.1, 0.15) is 85.5 Å². The van der Waals surface area contributed by atoms with E-state index in [1.54, 1.807) is 0 Å². The minimum atomic E-state index is 0.487. The molecule has 0 amide bonds. The second-order valence-electron chi connectivity index (χ2n) is 8.37. The van der Waals surface area contributed by atoms with Crippen molar-refractivity contribution in [3.8, 4) is 0 Å². The minimum Gasteiger partial charge on any atom is -0.313 e. The van der Waals surface area contributed by atoms with Crippen LogP contribution in [0.3, 0.4) is 0 Å². The second-order valence-corrected chi connectivity index (χ2v) is 9.92. The summed E-state index contributed by atoms with van der Waals surface area (Å²) in [5.41, 5.74) is 0.487. The Bertz CT molecular complexity index is 290. The Morgan fingerprint density at radius 3 is 2.33 bits per heavy atom. The van der Waals surface area contributed by atoms with Gasteiger partial charge >= 0.3 is 0 Å². The first-order chi connectivity index (χ1) is 10.0. The molecule has 2 heteroatoms. The Balaban J connectivity index is 1.94. The van der Waals surface area contributed by atoms with Crippen LogP contribution in [-0.4, -0.2) is 23.1 Å². The molecule has 1 nitrogen and oxygen atoms in total. The van der Waals surface area contributed by atoms with Crippen LogP contribution in [0.2, 0.25) is 0 Å². The van der Waals surface area contributed by atoms with Gasteiger partial charge in [0.05, 0.1) is 0 Å². The van der Waals surface area contributed by atoms with Crippen molar-refractivity contribution < 1.29 is 0 Å². The molecule has 2 aliphatic carbocycles. The SMILES string of the molecule is CCCNC1CCC(C(C)(C)C)CC1SC1CCCCC1. The van der Waals surface area contributed by atoms with Gasteiger partial charge in [0.1, 0.15) is 0 Å². The van der Waals surface area contributed by atoms with Gasteiger partial charge in [-0.2, -0.15) is 11.8 Å². The van der Waals surface area contributed by atoms with Gasteiger partial charge in [0.2, 0.25) is 0 Å². The number of nitrogens with one attached hydrogen (secondary N) is 1. The fraction of sp³-hybridized carbons (Fsp3) is 1.00. The average Bonchev–Trinajstić information content (AvgIpc) is 2.46. The first-order valence-corrected chi connectivity index (χ1v) is 10.3. The van der Waals surface area contributed by atoms with Crippen LogP contribution >= 0.6 is 11.8 Å². The summed E-state index contributed by atoms with van der Waals surface area (Å²) in [7, 11) is 0. The number of hydrogen-bond acceptors (Lipinski definition) is 2. The van der Waals surface area contributed by atoms with E-state index in [9.17, 15) is 0 Å². The molecule has 2 rings (SSSR count). The van der Waals surface area contributed by atoms with Gasteiger partial charge < -0.3 is 5.32 Å². The molecule has 2 aliphatic rings. The third-order valence-corrected chi connectivity index (χ3v) is 7.32. The highest BCUT2D eigenvalue weighted by molar-refractivity contribution is 8.00. The fourth-order valence-corrected chi connectivity index (χ4v) is 5.94. The molecule has 2 fully saturated rings. The summed E-state index contributed by atoms with van der Waals surface area (Å²) in [6, 6.07) is 0.774. The Labute approximate surface area is 137 Å². The van der Waals surface area contributed by atoms with Gasteiger partial charge in [-0.1, -0.05) is 47.0 Å². The van der Waals surface area contributed by atoms with Gasteiger partial charge in [0.15, 0.2) is 0 Å². The third kappa shape index (κ3) is 5.46. The monoisotopic (exact) mass is 311 g/mol. The Kier molecular flexibility index (Phi) is 6.93. The first kappa shape index (κ1) is 17.7. The summed E-state index contributed by atoms with van der Waals surface area (Å²) in [5.74, 6) is 0.915. The standard InChI is InChI=1S/C19H37NS/c1-5-13-20-17-12-11-15(19(2,3)4)14-18(17)21-16-9-7-6-8-10-16/h15-18,20H,5-14H2,1-4H3. The molecule has 3 atom stereocenters. The summed E-state index contributed by atoms with van der Waals surface area (Å²) in [4.78, 5) is 0. The van der Waals surface area contributed by atoms with Crippen molar-refractivity contribution in [2.45, 2.75) is 102 Å².